The highest BCUT2D eigenvalue weighted by Crippen LogP contribution is 2.19. The Hall–Kier alpha value is -1.06. The third kappa shape index (κ3) is 2.49. The molecule has 2 rings (SSSR count). The molecule has 4 heteroatoms. The van der Waals surface area contributed by atoms with Crippen LogP contribution in [0.2, 0.25) is 5.02 Å². The summed E-state index contributed by atoms with van der Waals surface area (Å²) in [6.07, 6.45) is 0. The number of carbonyl (C=O) groups excluding carboxylic acids is 1. The molecule has 2 N–H and O–H groups in total. The van der Waals surface area contributed by atoms with Gasteiger partial charge in [0.2, 0.25) is 5.91 Å². The molecule has 1 aromatic rings. The van der Waals surface area contributed by atoms with E-state index in [9.17, 15) is 4.79 Å². The van der Waals surface area contributed by atoms with Gasteiger partial charge in [0, 0.05) is 24.7 Å². The van der Waals surface area contributed by atoms with Crippen LogP contribution in [-0.2, 0) is 11.3 Å². The third-order valence-corrected chi connectivity index (χ3v) is 2.93. The van der Waals surface area contributed by atoms with Gasteiger partial charge < -0.3 is 5.73 Å². The van der Waals surface area contributed by atoms with E-state index >= 15 is 0 Å². The maximum absolute atomic E-state index is 10.8. The number of rotatable bonds is 3. The lowest BCUT2D eigenvalue weighted by atomic mass is 9.99. The topological polar surface area (TPSA) is 46.3 Å². The van der Waals surface area contributed by atoms with Crippen LogP contribution in [0, 0.1) is 5.92 Å². The minimum atomic E-state index is -0.192. The van der Waals surface area contributed by atoms with E-state index in [1.54, 1.807) is 0 Å². The van der Waals surface area contributed by atoms with Gasteiger partial charge in [-0.15, -0.1) is 0 Å². The molecule has 0 aliphatic carbocycles. The van der Waals surface area contributed by atoms with Crippen molar-refractivity contribution >= 4 is 17.5 Å². The highest BCUT2D eigenvalue weighted by Gasteiger charge is 2.30. The molecule has 0 saturated carbocycles. The Balaban J connectivity index is 1.85. The molecule has 0 aromatic heterocycles. The van der Waals surface area contributed by atoms with E-state index in [2.05, 4.69) is 4.90 Å². The standard InChI is InChI=1S/C11H13ClN2O/c12-10-3-1-8(2-4-10)5-14-6-9(7-14)11(13)15/h1-4,9H,5-7H2,(H2,13,15). The lowest BCUT2D eigenvalue weighted by Gasteiger charge is -2.37. The molecule has 0 bridgehead atoms. The van der Waals surface area contributed by atoms with E-state index in [1.807, 2.05) is 24.3 Å². The first-order valence-electron chi connectivity index (χ1n) is 4.91. The monoisotopic (exact) mass is 224 g/mol. The van der Waals surface area contributed by atoms with Gasteiger partial charge in [0.05, 0.1) is 5.92 Å². The molecule has 1 fully saturated rings. The van der Waals surface area contributed by atoms with E-state index < -0.39 is 0 Å². The summed E-state index contributed by atoms with van der Waals surface area (Å²) in [7, 11) is 0. The number of amides is 1. The molecule has 1 aromatic carbocycles. The van der Waals surface area contributed by atoms with E-state index in [0.717, 1.165) is 24.7 Å². The molecule has 0 radical (unpaired) electrons. The third-order valence-electron chi connectivity index (χ3n) is 2.68. The first-order valence-corrected chi connectivity index (χ1v) is 5.29. The van der Waals surface area contributed by atoms with Crippen LogP contribution in [-0.4, -0.2) is 23.9 Å². The Kier molecular flexibility index (Phi) is 2.93. The molecule has 3 nitrogen and oxygen atoms in total. The Morgan fingerprint density at radius 2 is 2.00 bits per heavy atom. The fourth-order valence-corrected chi connectivity index (χ4v) is 1.85. The molecular weight excluding hydrogens is 212 g/mol. The van der Waals surface area contributed by atoms with Crippen LogP contribution in [0.5, 0.6) is 0 Å². The van der Waals surface area contributed by atoms with Gasteiger partial charge in [-0.25, -0.2) is 0 Å². The number of likely N-dealkylation sites (tertiary alicyclic amines) is 1. The maximum Gasteiger partial charge on any atom is 0.223 e. The van der Waals surface area contributed by atoms with Gasteiger partial charge in [0.25, 0.3) is 0 Å². The zero-order valence-electron chi connectivity index (χ0n) is 8.32. The summed E-state index contributed by atoms with van der Waals surface area (Å²) < 4.78 is 0. The van der Waals surface area contributed by atoms with Gasteiger partial charge in [-0.3, -0.25) is 9.69 Å². The number of nitrogens with two attached hydrogens (primary N) is 1. The zero-order chi connectivity index (χ0) is 10.8. The summed E-state index contributed by atoms with van der Waals surface area (Å²) in [5, 5.41) is 0.748. The maximum atomic E-state index is 10.8. The Morgan fingerprint density at radius 1 is 1.40 bits per heavy atom. The van der Waals surface area contributed by atoms with Crippen LogP contribution >= 0.6 is 11.6 Å². The predicted molar refractivity (Wildman–Crippen MR) is 59.4 cm³/mol. The number of benzene rings is 1. The summed E-state index contributed by atoms with van der Waals surface area (Å²) in [6, 6.07) is 7.75. The molecule has 1 saturated heterocycles. The molecule has 0 unspecified atom stereocenters. The van der Waals surface area contributed by atoms with Gasteiger partial charge in [-0.05, 0) is 17.7 Å². The molecule has 1 aliphatic rings. The first kappa shape index (κ1) is 10.5. The highest BCUT2D eigenvalue weighted by molar-refractivity contribution is 6.30. The lowest BCUT2D eigenvalue weighted by Crippen LogP contribution is -2.51. The van der Waals surface area contributed by atoms with Crippen LogP contribution in [0.25, 0.3) is 0 Å². The summed E-state index contributed by atoms with van der Waals surface area (Å²) >= 11 is 5.79. The Labute approximate surface area is 93.8 Å². The second-order valence-electron chi connectivity index (χ2n) is 3.92. The Morgan fingerprint density at radius 3 is 2.53 bits per heavy atom. The van der Waals surface area contributed by atoms with Crippen molar-refractivity contribution in [1.29, 1.82) is 0 Å². The van der Waals surface area contributed by atoms with Gasteiger partial charge in [-0.1, -0.05) is 23.7 Å². The average molecular weight is 225 g/mol. The minimum Gasteiger partial charge on any atom is -0.369 e. The number of carbonyl (C=O) groups is 1. The van der Waals surface area contributed by atoms with Crippen molar-refractivity contribution in [3.8, 4) is 0 Å². The second kappa shape index (κ2) is 4.21. The zero-order valence-corrected chi connectivity index (χ0v) is 9.07. The van der Waals surface area contributed by atoms with Gasteiger partial charge >= 0.3 is 0 Å². The molecule has 1 amide bonds. The molecule has 0 spiro atoms. The van der Waals surface area contributed by atoms with Crippen molar-refractivity contribution in [1.82, 2.24) is 4.90 Å². The SMILES string of the molecule is NC(=O)C1CN(Cc2ccc(Cl)cc2)C1. The van der Waals surface area contributed by atoms with Crippen molar-refractivity contribution in [2.75, 3.05) is 13.1 Å². The van der Waals surface area contributed by atoms with Crippen LogP contribution < -0.4 is 5.73 Å². The largest absolute Gasteiger partial charge is 0.369 e. The summed E-state index contributed by atoms with van der Waals surface area (Å²) in [6.45, 7) is 2.41. The predicted octanol–water partition coefficient (Wildman–Crippen LogP) is 1.26. The average Bonchev–Trinajstić information content (AvgIpc) is 2.13. The molecule has 15 heavy (non-hydrogen) atoms. The van der Waals surface area contributed by atoms with Crippen molar-refractivity contribution in [3.05, 3.63) is 34.9 Å². The van der Waals surface area contributed by atoms with Crippen molar-refractivity contribution in [3.63, 3.8) is 0 Å². The van der Waals surface area contributed by atoms with Crippen LogP contribution in [0.4, 0.5) is 0 Å². The van der Waals surface area contributed by atoms with Gasteiger partial charge in [0.15, 0.2) is 0 Å². The number of primary amides is 1. The fraction of sp³-hybridized carbons (Fsp3) is 0.364. The highest BCUT2D eigenvalue weighted by atomic mass is 35.5. The fourth-order valence-electron chi connectivity index (χ4n) is 1.73. The van der Waals surface area contributed by atoms with Crippen molar-refractivity contribution < 1.29 is 4.79 Å². The summed E-state index contributed by atoms with van der Waals surface area (Å²) in [5.74, 6) is -0.153. The van der Waals surface area contributed by atoms with Crippen molar-refractivity contribution in [2.24, 2.45) is 11.7 Å². The first-order chi connectivity index (χ1) is 7.15. The molecule has 0 atom stereocenters. The van der Waals surface area contributed by atoms with Gasteiger partial charge in [0.1, 0.15) is 0 Å². The number of nitrogens with zero attached hydrogens (tertiary/aromatic N) is 1. The lowest BCUT2D eigenvalue weighted by molar-refractivity contribution is -0.127. The van der Waals surface area contributed by atoms with Crippen molar-refractivity contribution in [2.45, 2.75) is 6.54 Å². The van der Waals surface area contributed by atoms with Crippen LogP contribution in [0.1, 0.15) is 5.56 Å². The number of hydrogen-bond acceptors (Lipinski definition) is 2. The molecule has 1 aliphatic heterocycles. The second-order valence-corrected chi connectivity index (χ2v) is 4.36. The normalized spacial score (nSPS) is 17.4. The number of halogens is 1. The molecule has 80 valence electrons. The van der Waals surface area contributed by atoms with Crippen LogP contribution in [0.3, 0.4) is 0 Å². The summed E-state index contributed by atoms with van der Waals surface area (Å²) in [5.41, 5.74) is 6.40. The van der Waals surface area contributed by atoms with E-state index in [1.165, 1.54) is 5.56 Å². The summed E-state index contributed by atoms with van der Waals surface area (Å²) in [4.78, 5) is 13.0. The minimum absolute atomic E-state index is 0.0392. The smallest absolute Gasteiger partial charge is 0.223 e. The van der Waals surface area contributed by atoms with Crippen LogP contribution in [0.15, 0.2) is 24.3 Å². The Bertz CT molecular complexity index is 357. The van der Waals surface area contributed by atoms with E-state index in [0.29, 0.717) is 0 Å². The number of hydrogen-bond donors (Lipinski definition) is 1. The van der Waals surface area contributed by atoms with Gasteiger partial charge in [-0.2, -0.15) is 0 Å². The molecular formula is C11H13ClN2O. The molecule has 1 heterocycles. The quantitative estimate of drug-likeness (QED) is 0.840. The van der Waals surface area contributed by atoms with E-state index in [-0.39, 0.29) is 11.8 Å². The van der Waals surface area contributed by atoms with E-state index in [4.69, 9.17) is 17.3 Å².